The van der Waals surface area contributed by atoms with Crippen molar-refractivity contribution in [3.63, 3.8) is 0 Å². The summed E-state index contributed by atoms with van der Waals surface area (Å²) in [4.78, 5) is 0.405. The number of sulfonamides is 1. The minimum atomic E-state index is -3.46. The third-order valence-electron chi connectivity index (χ3n) is 3.89. The summed E-state index contributed by atoms with van der Waals surface area (Å²) in [7, 11) is -3.46. The maximum atomic E-state index is 13.0. The highest BCUT2D eigenvalue weighted by Crippen LogP contribution is 2.26. The van der Waals surface area contributed by atoms with Crippen molar-refractivity contribution in [3.8, 4) is 0 Å². The molecule has 1 aliphatic heterocycles. The molecule has 3 rings (SSSR count). The van der Waals surface area contributed by atoms with Crippen LogP contribution >= 0.6 is 12.4 Å². The summed E-state index contributed by atoms with van der Waals surface area (Å²) in [6, 6.07) is 13.4. The summed E-state index contributed by atoms with van der Waals surface area (Å²) >= 11 is 0. The van der Waals surface area contributed by atoms with Crippen molar-refractivity contribution in [2.45, 2.75) is 30.8 Å². The van der Waals surface area contributed by atoms with Gasteiger partial charge in [-0.3, -0.25) is 0 Å². The Morgan fingerprint density at radius 1 is 1.00 bits per heavy atom. The molecule has 2 aromatic carbocycles. The minimum Gasteiger partial charge on any atom is -0.309 e. The molecule has 0 aromatic heterocycles. The Balaban J connectivity index is 0.00000176. The van der Waals surface area contributed by atoms with Gasteiger partial charge in [0.25, 0.3) is 0 Å². The van der Waals surface area contributed by atoms with Crippen LogP contribution in [0.4, 0.5) is 0 Å². The van der Waals surface area contributed by atoms with Crippen LogP contribution in [0, 0.1) is 0 Å². The fourth-order valence-corrected chi connectivity index (χ4v) is 4.86. The predicted molar refractivity (Wildman–Crippen MR) is 92.0 cm³/mol. The van der Waals surface area contributed by atoms with E-state index in [4.69, 9.17) is 0 Å². The Hall–Kier alpha value is -1.14. The molecule has 4 nitrogen and oxygen atoms in total. The SMILES string of the molecule is CC1CN(S(=O)(=O)c2cccc3ccccc23)CC(C)N1.Cl. The first-order valence-electron chi connectivity index (χ1n) is 7.22. The summed E-state index contributed by atoms with van der Waals surface area (Å²) in [5.41, 5.74) is 0. The van der Waals surface area contributed by atoms with Crippen molar-refractivity contribution < 1.29 is 8.42 Å². The van der Waals surface area contributed by atoms with Gasteiger partial charge >= 0.3 is 0 Å². The molecule has 1 saturated heterocycles. The molecule has 0 radical (unpaired) electrons. The van der Waals surface area contributed by atoms with Crippen molar-refractivity contribution in [2.24, 2.45) is 0 Å². The number of hydrogen-bond acceptors (Lipinski definition) is 3. The van der Waals surface area contributed by atoms with Gasteiger partial charge in [0.15, 0.2) is 0 Å². The lowest BCUT2D eigenvalue weighted by molar-refractivity contribution is 0.263. The van der Waals surface area contributed by atoms with Crippen molar-refractivity contribution >= 4 is 33.2 Å². The van der Waals surface area contributed by atoms with E-state index in [-0.39, 0.29) is 24.5 Å². The number of piperazine rings is 1. The molecule has 6 heteroatoms. The molecule has 1 aliphatic rings. The van der Waals surface area contributed by atoms with E-state index in [2.05, 4.69) is 5.32 Å². The molecule has 22 heavy (non-hydrogen) atoms. The van der Waals surface area contributed by atoms with E-state index in [1.54, 1.807) is 10.4 Å². The lowest BCUT2D eigenvalue weighted by Crippen LogP contribution is -2.55. The molecular formula is C16H21ClN2O2S. The fraction of sp³-hybridized carbons (Fsp3) is 0.375. The van der Waals surface area contributed by atoms with Crippen LogP contribution in [0.25, 0.3) is 10.8 Å². The molecule has 2 aromatic rings. The van der Waals surface area contributed by atoms with E-state index in [0.717, 1.165) is 10.8 Å². The molecule has 0 amide bonds. The van der Waals surface area contributed by atoms with Crippen molar-refractivity contribution in [3.05, 3.63) is 42.5 Å². The second kappa shape index (κ2) is 6.54. The van der Waals surface area contributed by atoms with Gasteiger partial charge in [0.1, 0.15) is 0 Å². The predicted octanol–water partition coefficient (Wildman–Crippen LogP) is 2.63. The first-order valence-corrected chi connectivity index (χ1v) is 8.66. The lowest BCUT2D eigenvalue weighted by atomic mass is 10.1. The molecule has 1 fully saturated rings. The largest absolute Gasteiger partial charge is 0.309 e. The summed E-state index contributed by atoms with van der Waals surface area (Å²) in [5, 5.41) is 5.11. The van der Waals surface area contributed by atoms with Crippen molar-refractivity contribution in [1.82, 2.24) is 9.62 Å². The van der Waals surface area contributed by atoms with Gasteiger partial charge in [0, 0.05) is 30.6 Å². The second-order valence-corrected chi connectivity index (χ2v) is 7.67. The Kier molecular flexibility index (Phi) is 5.12. The number of nitrogens with zero attached hydrogens (tertiary/aromatic N) is 1. The topological polar surface area (TPSA) is 49.4 Å². The van der Waals surface area contributed by atoms with Crippen molar-refractivity contribution in [1.29, 1.82) is 0 Å². The standard InChI is InChI=1S/C16H20N2O2S.ClH/c1-12-10-18(11-13(2)17-12)21(19,20)16-9-5-7-14-6-3-4-8-15(14)16;/h3-9,12-13,17H,10-11H2,1-2H3;1H. The van der Waals surface area contributed by atoms with Crippen LogP contribution in [0.5, 0.6) is 0 Å². The van der Waals surface area contributed by atoms with E-state index in [1.165, 1.54) is 0 Å². The maximum absolute atomic E-state index is 13.0. The van der Waals surface area contributed by atoms with Gasteiger partial charge in [0.2, 0.25) is 10.0 Å². The smallest absolute Gasteiger partial charge is 0.243 e. The van der Waals surface area contributed by atoms with Crippen molar-refractivity contribution in [2.75, 3.05) is 13.1 Å². The monoisotopic (exact) mass is 340 g/mol. The van der Waals surface area contributed by atoms with Gasteiger partial charge in [-0.25, -0.2) is 8.42 Å². The normalized spacial score (nSPS) is 23.2. The van der Waals surface area contributed by atoms with E-state index >= 15 is 0 Å². The zero-order chi connectivity index (χ0) is 15.0. The number of rotatable bonds is 2. The molecule has 0 saturated carbocycles. The summed E-state index contributed by atoms with van der Waals surface area (Å²) in [6.45, 7) is 5.05. The maximum Gasteiger partial charge on any atom is 0.243 e. The number of benzene rings is 2. The minimum absolute atomic E-state index is 0. The van der Waals surface area contributed by atoms with Crippen LogP contribution < -0.4 is 5.32 Å². The third kappa shape index (κ3) is 3.13. The van der Waals surface area contributed by atoms with Crippen LogP contribution in [0.1, 0.15) is 13.8 Å². The van der Waals surface area contributed by atoms with E-state index in [1.807, 2.05) is 50.2 Å². The molecule has 2 atom stereocenters. The average Bonchev–Trinajstić information content (AvgIpc) is 2.45. The highest BCUT2D eigenvalue weighted by Gasteiger charge is 2.32. The van der Waals surface area contributed by atoms with Crippen LogP contribution in [0.3, 0.4) is 0 Å². The zero-order valence-electron chi connectivity index (χ0n) is 12.7. The van der Waals surface area contributed by atoms with Gasteiger partial charge in [-0.2, -0.15) is 4.31 Å². The summed E-state index contributed by atoms with van der Waals surface area (Å²) in [6.07, 6.45) is 0. The molecule has 1 heterocycles. The van der Waals surface area contributed by atoms with E-state index in [9.17, 15) is 8.42 Å². The van der Waals surface area contributed by atoms with Gasteiger partial charge in [-0.05, 0) is 25.3 Å². The van der Waals surface area contributed by atoms with E-state index < -0.39 is 10.0 Å². The molecular weight excluding hydrogens is 320 g/mol. The molecule has 0 spiro atoms. The van der Waals surface area contributed by atoms with Crippen LogP contribution in [0.2, 0.25) is 0 Å². The fourth-order valence-electron chi connectivity index (χ4n) is 3.03. The number of halogens is 1. The molecule has 120 valence electrons. The number of fused-ring (bicyclic) bond motifs is 1. The Morgan fingerprint density at radius 2 is 1.59 bits per heavy atom. The first kappa shape index (κ1) is 17.2. The highest BCUT2D eigenvalue weighted by atomic mass is 35.5. The Labute approximate surface area is 138 Å². The highest BCUT2D eigenvalue weighted by molar-refractivity contribution is 7.89. The van der Waals surface area contributed by atoms with Gasteiger partial charge in [0.05, 0.1) is 4.90 Å². The van der Waals surface area contributed by atoms with Gasteiger partial charge in [-0.1, -0.05) is 36.4 Å². The van der Waals surface area contributed by atoms with Gasteiger partial charge < -0.3 is 5.32 Å². The lowest BCUT2D eigenvalue weighted by Gasteiger charge is -2.35. The molecule has 0 bridgehead atoms. The average molecular weight is 341 g/mol. The second-order valence-electron chi connectivity index (χ2n) is 5.77. The molecule has 1 N–H and O–H groups in total. The third-order valence-corrected chi connectivity index (χ3v) is 5.78. The van der Waals surface area contributed by atoms with Crippen LogP contribution in [-0.2, 0) is 10.0 Å². The molecule has 2 unspecified atom stereocenters. The molecule has 0 aliphatic carbocycles. The Bertz CT molecular complexity index is 748. The quantitative estimate of drug-likeness (QED) is 0.914. The number of nitrogens with one attached hydrogen (secondary N) is 1. The van der Waals surface area contributed by atoms with Crippen LogP contribution in [0.15, 0.2) is 47.4 Å². The summed E-state index contributed by atoms with van der Waals surface area (Å²) in [5.74, 6) is 0. The summed E-state index contributed by atoms with van der Waals surface area (Å²) < 4.78 is 27.6. The van der Waals surface area contributed by atoms with E-state index in [0.29, 0.717) is 18.0 Å². The Morgan fingerprint density at radius 3 is 2.27 bits per heavy atom. The van der Waals surface area contributed by atoms with Gasteiger partial charge in [-0.15, -0.1) is 12.4 Å². The van der Waals surface area contributed by atoms with Crippen LogP contribution in [-0.4, -0.2) is 37.9 Å². The number of hydrogen-bond donors (Lipinski definition) is 1. The first-order chi connectivity index (χ1) is 9.98. The zero-order valence-corrected chi connectivity index (χ0v) is 14.3.